The molecule has 6 nitrogen and oxygen atoms in total. The number of hydrogen-bond acceptors (Lipinski definition) is 3. The number of nitrogens with one attached hydrogen (secondary N) is 2. The van der Waals surface area contributed by atoms with E-state index in [1.807, 2.05) is 31.2 Å². The molecule has 1 aromatic rings. The van der Waals surface area contributed by atoms with Crippen molar-refractivity contribution in [3.05, 3.63) is 18.0 Å². The minimum Gasteiger partial charge on any atom is -0.352 e. The first kappa shape index (κ1) is 18.5. The molecule has 1 atom stereocenters. The second-order valence-corrected chi connectivity index (χ2v) is 6.51. The quantitative estimate of drug-likeness (QED) is 0.432. The molecule has 2 heterocycles. The zero-order valence-corrected chi connectivity index (χ0v) is 16.5. The van der Waals surface area contributed by atoms with Gasteiger partial charge in [0.15, 0.2) is 5.96 Å². The summed E-state index contributed by atoms with van der Waals surface area (Å²) < 4.78 is 1.82. The highest BCUT2D eigenvalue weighted by atomic mass is 127. The number of nitrogens with zero attached hydrogens (tertiary/aromatic N) is 4. The Morgan fingerprint density at radius 2 is 2.13 bits per heavy atom. The van der Waals surface area contributed by atoms with E-state index in [1.165, 1.54) is 44.2 Å². The van der Waals surface area contributed by atoms with Gasteiger partial charge in [-0.25, -0.2) is 0 Å². The topological polar surface area (TPSA) is 57.5 Å². The highest BCUT2D eigenvalue weighted by molar-refractivity contribution is 14.0. The third-order valence-corrected chi connectivity index (χ3v) is 4.84. The summed E-state index contributed by atoms with van der Waals surface area (Å²) in [6, 6.07) is 1.35. The number of hydrogen-bond donors (Lipinski definition) is 2. The van der Waals surface area contributed by atoms with E-state index in [1.54, 1.807) is 0 Å². The number of halogens is 1. The third kappa shape index (κ3) is 5.07. The molecule has 130 valence electrons. The van der Waals surface area contributed by atoms with Crippen LogP contribution in [-0.4, -0.2) is 52.9 Å². The third-order valence-electron chi connectivity index (χ3n) is 4.84. The summed E-state index contributed by atoms with van der Waals surface area (Å²) in [4.78, 5) is 7.01. The van der Waals surface area contributed by atoms with Crippen molar-refractivity contribution in [1.29, 1.82) is 0 Å². The van der Waals surface area contributed by atoms with Gasteiger partial charge in [-0.05, 0) is 19.3 Å². The molecule has 1 aromatic heterocycles. The molecule has 1 unspecified atom stereocenters. The molecule has 1 saturated carbocycles. The first-order valence-electron chi connectivity index (χ1n) is 8.43. The van der Waals surface area contributed by atoms with Crippen LogP contribution in [0.15, 0.2) is 17.4 Å². The minimum atomic E-state index is 0. The Labute approximate surface area is 156 Å². The van der Waals surface area contributed by atoms with Crippen molar-refractivity contribution in [3.63, 3.8) is 0 Å². The molecule has 0 aromatic carbocycles. The lowest BCUT2D eigenvalue weighted by atomic mass is 10.2. The van der Waals surface area contributed by atoms with Gasteiger partial charge in [-0.1, -0.05) is 12.8 Å². The lowest BCUT2D eigenvalue weighted by Gasteiger charge is -2.24. The van der Waals surface area contributed by atoms with Gasteiger partial charge < -0.3 is 10.6 Å². The van der Waals surface area contributed by atoms with Crippen LogP contribution in [0.1, 0.15) is 37.7 Å². The second kappa shape index (κ2) is 8.86. The maximum Gasteiger partial charge on any atom is 0.191 e. The summed E-state index contributed by atoms with van der Waals surface area (Å²) in [5.41, 5.74) is 1.17. The number of aliphatic imine (C=N–C) groups is 1. The zero-order chi connectivity index (χ0) is 15.4. The first-order valence-corrected chi connectivity index (χ1v) is 8.43. The summed E-state index contributed by atoms with van der Waals surface area (Å²) in [6.07, 6.45) is 10.7. The largest absolute Gasteiger partial charge is 0.352 e. The number of likely N-dealkylation sites (tertiary alicyclic amines) is 1. The summed E-state index contributed by atoms with van der Waals surface area (Å²) in [6.45, 7) is 3.13. The first-order chi connectivity index (χ1) is 10.7. The maximum absolute atomic E-state index is 4.34. The Hall–Kier alpha value is -0.830. The van der Waals surface area contributed by atoms with Gasteiger partial charge in [0.2, 0.25) is 0 Å². The predicted octanol–water partition coefficient (Wildman–Crippen LogP) is 1.72. The maximum atomic E-state index is 4.34. The van der Waals surface area contributed by atoms with E-state index in [2.05, 4.69) is 25.6 Å². The molecule has 0 spiro atoms. The average Bonchev–Trinajstić information content (AvgIpc) is 3.24. The normalized spacial score (nSPS) is 23.0. The fourth-order valence-corrected chi connectivity index (χ4v) is 3.64. The molecular weight excluding hydrogens is 403 g/mol. The Bertz CT molecular complexity index is 508. The van der Waals surface area contributed by atoms with Gasteiger partial charge in [0, 0.05) is 57.6 Å². The molecule has 2 fully saturated rings. The molecule has 1 aliphatic carbocycles. The Morgan fingerprint density at radius 3 is 2.78 bits per heavy atom. The van der Waals surface area contributed by atoms with Crippen molar-refractivity contribution >= 4 is 29.9 Å². The van der Waals surface area contributed by atoms with Crippen LogP contribution in [0.5, 0.6) is 0 Å². The number of aryl methyl sites for hydroxylation is 1. The van der Waals surface area contributed by atoms with Gasteiger partial charge in [0.1, 0.15) is 0 Å². The summed E-state index contributed by atoms with van der Waals surface area (Å²) in [7, 11) is 3.77. The predicted molar refractivity (Wildman–Crippen MR) is 104 cm³/mol. The number of guanidine groups is 1. The van der Waals surface area contributed by atoms with Crippen LogP contribution >= 0.6 is 24.0 Å². The van der Waals surface area contributed by atoms with Gasteiger partial charge in [-0.2, -0.15) is 5.10 Å². The van der Waals surface area contributed by atoms with E-state index in [-0.39, 0.29) is 24.0 Å². The summed E-state index contributed by atoms with van der Waals surface area (Å²) in [5.74, 6) is 0.891. The lowest BCUT2D eigenvalue weighted by Crippen LogP contribution is -2.45. The van der Waals surface area contributed by atoms with E-state index in [0.29, 0.717) is 6.04 Å². The van der Waals surface area contributed by atoms with Crippen molar-refractivity contribution < 1.29 is 0 Å². The fraction of sp³-hybridized carbons (Fsp3) is 0.750. The van der Waals surface area contributed by atoms with E-state index in [9.17, 15) is 0 Å². The van der Waals surface area contributed by atoms with Gasteiger partial charge in [0.05, 0.1) is 6.20 Å². The average molecular weight is 432 g/mol. The van der Waals surface area contributed by atoms with Crippen LogP contribution in [0, 0.1) is 0 Å². The monoisotopic (exact) mass is 432 g/mol. The second-order valence-electron chi connectivity index (χ2n) is 6.51. The Morgan fingerprint density at radius 1 is 1.35 bits per heavy atom. The number of rotatable bonds is 4. The molecule has 7 heteroatoms. The minimum absolute atomic E-state index is 0. The molecular formula is C16H29IN6. The molecule has 1 saturated heterocycles. The van der Waals surface area contributed by atoms with Crippen LogP contribution < -0.4 is 10.6 Å². The van der Waals surface area contributed by atoms with Crippen LogP contribution in [0.25, 0.3) is 0 Å². The molecule has 3 rings (SSSR count). The van der Waals surface area contributed by atoms with E-state index >= 15 is 0 Å². The molecule has 23 heavy (non-hydrogen) atoms. The fourth-order valence-electron chi connectivity index (χ4n) is 3.64. The van der Waals surface area contributed by atoms with Crippen LogP contribution in [0.3, 0.4) is 0 Å². The van der Waals surface area contributed by atoms with E-state index in [0.717, 1.165) is 25.1 Å². The summed E-state index contributed by atoms with van der Waals surface area (Å²) in [5, 5.41) is 11.1. The lowest BCUT2D eigenvalue weighted by molar-refractivity contribution is 0.242. The van der Waals surface area contributed by atoms with Crippen LogP contribution in [0.4, 0.5) is 0 Å². The molecule has 2 N–H and O–H groups in total. The van der Waals surface area contributed by atoms with Gasteiger partial charge in [-0.15, -0.1) is 24.0 Å². The van der Waals surface area contributed by atoms with Crippen molar-refractivity contribution in [1.82, 2.24) is 25.3 Å². The Kier molecular flexibility index (Phi) is 7.13. The zero-order valence-electron chi connectivity index (χ0n) is 14.2. The highest BCUT2D eigenvalue weighted by Gasteiger charge is 2.30. The van der Waals surface area contributed by atoms with Crippen molar-refractivity contribution in [2.24, 2.45) is 12.0 Å². The highest BCUT2D eigenvalue weighted by Crippen LogP contribution is 2.26. The molecule has 0 bridgehead atoms. The molecule has 1 aliphatic heterocycles. The van der Waals surface area contributed by atoms with Gasteiger partial charge >= 0.3 is 0 Å². The van der Waals surface area contributed by atoms with E-state index < -0.39 is 0 Å². The Balaban J connectivity index is 0.00000192. The molecule has 0 amide bonds. The van der Waals surface area contributed by atoms with Crippen molar-refractivity contribution in [3.8, 4) is 0 Å². The van der Waals surface area contributed by atoms with Crippen LogP contribution in [0.2, 0.25) is 0 Å². The van der Waals surface area contributed by atoms with Crippen molar-refractivity contribution in [2.75, 3.05) is 20.1 Å². The standard InChI is InChI=1S/C16H28N6.HI/c1-17-16(18-9-13-10-19-21(2)11-13)20-14-7-8-22(12-14)15-5-3-4-6-15;/h10-11,14-15H,3-9,12H2,1-2H3,(H2,17,18,20);1H. The SMILES string of the molecule is CN=C(NCc1cnn(C)c1)NC1CCN(C2CCCC2)C1.I. The number of aromatic nitrogens is 2. The van der Waals surface area contributed by atoms with Gasteiger partial charge in [-0.3, -0.25) is 14.6 Å². The van der Waals surface area contributed by atoms with Gasteiger partial charge in [0.25, 0.3) is 0 Å². The van der Waals surface area contributed by atoms with Crippen LogP contribution in [-0.2, 0) is 13.6 Å². The molecule has 0 radical (unpaired) electrons. The smallest absolute Gasteiger partial charge is 0.191 e. The van der Waals surface area contributed by atoms with E-state index in [4.69, 9.17) is 0 Å². The summed E-state index contributed by atoms with van der Waals surface area (Å²) >= 11 is 0. The van der Waals surface area contributed by atoms with Crippen molar-refractivity contribution in [2.45, 2.75) is 50.7 Å². The molecule has 2 aliphatic rings.